The Bertz CT molecular complexity index is 751. The first kappa shape index (κ1) is 17.3. The molecule has 1 aliphatic heterocycles. The monoisotopic (exact) mass is 354 g/mol. The molecule has 0 saturated carbocycles. The van der Waals surface area contributed by atoms with Gasteiger partial charge in [-0.25, -0.2) is 0 Å². The second kappa shape index (κ2) is 6.79. The van der Waals surface area contributed by atoms with Crippen LogP contribution in [0.3, 0.4) is 0 Å². The summed E-state index contributed by atoms with van der Waals surface area (Å²) in [6, 6.07) is 5.03. The van der Waals surface area contributed by atoms with Gasteiger partial charge in [0.15, 0.2) is 5.76 Å². The Hall–Kier alpha value is -2.48. The molecule has 0 bridgehead atoms. The standard InChI is InChI=1S/C17H17F3N2O3/c1-11-9-12(17(18,19)20)10-13(15(11)22-4-7-24-8-5-22)21-16(23)14-3-2-6-25-14/h2-3,6,9-10H,4-5,7-8H2,1H3,(H,21,23). The number of furan rings is 1. The number of anilines is 2. The highest BCUT2D eigenvalue weighted by molar-refractivity contribution is 6.04. The number of alkyl halides is 3. The molecule has 1 aromatic carbocycles. The molecule has 2 heterocycles. The molecule has 25 heavy (non-hydrogen) atoms. The zero-order valence-corrected chi connectivity index (χ0v) is 13.5. The number of hydrogen-bond donors (Lipinski definition) is 1. The molecule has 8 heteroatoms. The highest BCUT2D eigenvalue weighted by Gasteiger charge is 2.33. The van der Waals surface area contributed by atoms with Crippen LogP contribution in [-0.2, 0) is 10.9 Å². The average molecular weight is 354 g/mol. The molecule has 1 saturated heterocycles. The smallest absolute Gasteiger partial charge is 0.416 e. The molecule has 0 unspecified atom stereocenters. The van der Waals surface area contributed by atoms with Crippen molar-refractivity contribution in [1.29, 1.82) is 0 Å². The molecule has 1 fully saturated rings. The fourth-order valence-electron chi connectivity index (χ4n) is 2.84. The molecule has 1 amide bonds. The number of ether oxygens (including phenoxy) is 1. The van der Waals surface area contributed by atoms with Gasteiger partial charge in [0.05, 0.1) is 36.4 Å². The second-order valence-electron chi connectivity index (χ2n) is 5.72. The Labute approximate surface area is 142 Å². The third kappa shape index (κ3) is 3.79. The fraction of sp³-hybridized carbons (Fsp3) is 0.353. The summed E-state index contributed by atoms with van der Waals surface area (Å²) in [5.74, 6) is -0.568. The van der Waals surface area contributed by atoms with E-state index in [-0.39, 0.29) is 11.4 Å². The number of nitrogens with one attached hydrogen (secondary N) is 1. The molecule has 5 nitrogen and oxygen atoms in total. The van der Waals surface area contributed by atoms with Crippen LogP contribution in [0.25, 0.3) is 0 Å². The Kier molecular flexibility index (Phi) is 4.71. The first-order valence-electron chi connectivity index (χ1n) is 7.75. The Morgan fingerprint density at radius 3 is 2.56 bits per heavy atom. The van der Waals surface area contributed by atoms with Crippen molar-refractivity contribution in [3.05, 3.63) is 47.4 Å². The number of benzene rings is 1. The molecular weight excluding hydrogens is 337 g/mol. The van der Waals surface area contributed by atoms with Crippen molar-refractivity contribution in [2.24, 2.45) is 0 Å². The topological polar surface area (TPSA) is 54.7 Å². The first-order chi connectivity index (χ1) is 11.9. The Morgan fingerprint density at radius 2 is 1.96 bits per heavy atom. The van der Waals surface area contributed by atoms with Crippen LogP contribution >= 0.6 is 0 Å². The van der Waals surface area contributed by atoms with Crippen molar-refractivity contribution in [3.8, 4) is 0 Å². The lowest BCUT2D eigenvalue weighted by molar-refractivity contribution is -0.137. The minimum Gasteiger partial charge on any atom is -0.459 e. The van der Waals surface area contributed by atoms with Gasteiger partial charge in [0.2, 0.25) is 0 Å². The van der Waals surface area contributed by atoms with E-state index < -0.39 is 17.6 Å². The number of morpholine rings is 1. The summed E-state index contributed by atoms with van der Waals surface area (Å²) in [5, 5.41) is 2.55. The minimum absolute atomic E-state index is 0.0305. The van der Waals surface area contributed by atoms with E-state index in [0.29, 0.717) is 37.6 Å². The van der Waals surface area contributed by atoms with E-state index >= 15 is 0 Å². The molecule has 1 aromatic heterocycles. The highest BCUT2D eigenvalue weighted by atomic mass is 19.4. The molecule has 134 valence electrons. The van der Waals surface area contributed by atoms with Crippen LogP contribution in [0, 0.1) is 6.92 Å². The molecular formula is C17H17F3N2O3. The Morgan fingerprint density at radius 1 is 1.24 bits per heavy atom. The summed E-state index contributed by atoms with van der Waals surface area (Å²) < 4.78 is 49.8. The molecule has 1 N–H and O–H groups in total. The van der Waals surface area contributed by atoms with E-state index in [2.05, 4.69) is 5.32 Å². The van der Waals surface area contributed by atoms with Gasteiger partial charge in [0.25, 0.3) is 5.91 Å². The fourth-order valence-corrected chi connectivity index (χ4v) is 2.84. The predicted molar refractivity (Wildman–Crippen MR) is 85.9 cm³/mol. The lowest BCUT2D eigenvalue weighted by Crippen LogP contribution is -2.37. The zero-order valence-electron chi connectivity index (χ0n) is 13.5. The normalized spacial score (nSPS) is 15.3. The van der Waals surface area contributed by atoms with Crippen LogP contribution in [-0.4, -0.2) is 32.2 Å². The third-order valence-corrected chi connectivity index (χ3v) is 3.95. The van der Waals surface area contributed by atoms with Crippen molar-refractivity contribution in [1.82, 2.24) is 0 Å². The maximum absolute atomic E-state index is 13.2. The quantitative estimate of drug-likeness (QED) is 0.913. The van der Waals surface area contributed by atoms with Gasteiger partial charge in [0.1, 0.15) is 0 Å². The summed E-state index contributed by atoms with van der Waals surface area (Å²) in [5.41, 5.74) is 0.301. The number of hydrogen-bond acceptors (Lipinski definition) is 4. The van der Waals surface area contributed by atoms with E-state index in [9.17, 15) is 18.0 Å². The van der Waals surface area contributed by atoms with Gasteiger partial charge in [-0.1, -0.05) is 0 Å². The van der Waals surface area contributed by atoms with Gasteiger partial charge in [-0.05, 0) is 36.8 Å². The lowest BCUT2D eigenvalue weighted by atomic mass is 10.0. The number of rotatable bonds is 3. The maximum Gasteiger partial charge on any atom is 0.416 e. The summed E-state index contributed by atoms with van der Waals surface area (Å²) in [7, 11) is 0. The van der Waals surface area contributed by atoms with E-state index in [1.54, 1.807) is 6.92 Å². The molecule has 0 atom stereocenters. The van der Waals surface area contributed by atoms with Crippen LogP contribution in [0.5, 0.6) is 0 Å². The minimum atomic E-state index is -4.50. The van der Waals surface area contributed by atoms with Gasteiger partial charge in [-0.2, -0.15) is 13.2 Å². The molecule has 1 aliphatic rings. The summed E-state index contributed by atoms with van der Waals surface area (Å²) in [4.78, 5) is 14.2. The van der Waals surface area contributed by atoms with Crippen LogP contribution in [0.1, 0.15) is 21.7 Å². The van der Waals surface area contributed by atoms with E-state index in [1.807, 2.05) is 4.90 Å². The summed E-state index contributed by atoms with van der Waals surface area (Å²) >= 11 is 0. The van der Waals surface area contributed by atoms with Crippen LogP contribution in [0.2, 0.25) is 0 Å². The molecule has 0 aliphatic carbocycles. The molecule has 2 aromatic rings. The zero-order chi connectivity index (χ0) is 18.0. The van der Waals surface area contributed by atoms with E-state index in [1.165, 1.54) is 18.4 Å². The predicted octanol–water partition coefficient (Wildman–Crippen LogP) is 3.70. The highest BCUT2D eigenvalue weighted by Crippen LogP contribution is 2.38. The van der Waals surface area contributed by atoms with Crippen LogP contribution in [0.15, 0.2) is 34.9 Å². The van der Waals surface area contributed by atoms with Gasteiger partial charge >= 0.3 is 6.18 Å². The number of nitrogens with zero attached hydrogens (tertiary/aromatic N) is 1. The van der Waals surface area contributed by atoms with Crippen molar-refractivity contribution in [2.75, 3.05) is 36.5 Å². The summed E-state index contributed by atoms with van der Waals surface area (Å²) in [6.45, 7) is 3.63. The second-order valence-corrected chi connectivity index (χ2v) is 5.72. The summed E-state index contributed by atoms with van der Waals surface area (Å²) in [6.07, 6.45) is -3.17. The van der Waals surface area contributed by atoms with Gasteiger partial charge in [-0.3, -0.25) is 4.79 Å². The van der Waals surface area contributed by atoms with Gasteiger partial charge in [0, 0.05) is 13.1 Å². The Balaban J connectivity index is 2.01. The van der Waals surface area contributed by atoms with Crippen molar-refractivity contribution in [2.45, 2.75) is 13.1 Å². The number of carbonyl (C=O) groups is 1. The number of halogens is 3. The van der Waals surface area contributed by atoms with E-state index in [0.717, 1.165) is 12.1 Å². The third-order valence-electron chi connectivity index (χ3n) is 3.95. The van der Waals surface area contributed by atoms with Crippen molar-refractivity contribution >= 4 is 17.3 Å². The molecule has 0 spiro atoms. The number of amides is 1. The number of carbonyl (C=O) groups excluding carboxylic acids is 1. The van der Waals surface area contributed by atoms with Gasteiger partial charge in [-0.15, -0.1) is 0 Å². The average Bonchev–Trinajstić information content (AvgIpc) is 3.09. The maximum atomic E-state index is 13.2. The van der Waals surface area contributed by atoms with Crippen LogP contribution < -0.4 is 10.2 Å². The van der Waals surface area contributed by atoms with E-state index in [4.69, 9.17) is 9.15 Å². The molecule has 0 radical (unpaired) electrons. The number of aryl methyl sites for hydroxylation is 1. The van der Waals surface area contributed by atoms with Crippen molar-refractivity contribution in [3.63, 3.8) is 0 Å². The molecule has 3 rings (SSSR count). The SMILES string of the molecule is Cc1cc(C(F)(F)F)cc(NC(=O)c2ccco2)c1N1CCOCC1. The van der Waals surface area contributed by atoms with Crippen LogP contribution in [0.4, 0.5) is 24.5 Å². The first-order valence-corrected chi connectivity index (χ1v) is 7.75. The van der Waals surface area contributed by atoms with Gasteiger partial charge < -0.3 is 19.4 Å². The largest absolute Gasteiger partial charge is 0.459 e. The lowest BCUT2D eigenvalue weighted by Gasteiger charge is -2.32. The van der Waals surface area contributed by atoms with Crippen molar-refractivity contribution < 1.29 is 27.1 Å².